The molecule has 6 nitrogen and oxygen atoms in total. The molecule has 130 valence electrons. The predicted molar refractivity (Wildman–Crippen MR) is 95.3 cm³/mol. The number of carbonyl (C=O) groups is 1. The van der Waals surface area contributed by atoms with Gasteiger partial charge in [0.05, 0.1) is 47.0 Å². The van der Waals surface area contributed by atoms with Crippen LogP contribution in [0.15, 0.2) is 18.7 Å². The molecule has 4 rings (SSSR count). The lowest BCUT2D eigenvalue weighted by Crippen LogP contribution is -2.34. The Hall–Kier alpha value is -2.21. The number of nitrogens with zero attached hydrogens (tertiary/aromatic N) is 5. The van der Waals surface area contributed by atoms with Gasteiger partial charge in [0, 0.05) is 19.6 Å². The summed E-state index contributed by atoms with van der Waals surface area (Å²) in [6, 6.07) is 0. The lowest BCUT2D eigenvalue weighted by molar-refractivity contribution is -0.135. The molecule has 0 saturated carbocycles. The van der Waals surface area contributed by atoms with E-state index in [4.69, 9.17) is 11.6 Å². The molecule has 0 radical (unpaired) electrons. The highest BCUT2D eigenvalue weighted by Crippen LogP contribution is 2.32. The summed E-state index contributed by atoms with van der Waals surface area (Å²) >= 11 is 6.32. The van der Waals surface area contributed by atoms with Crippen LogP contribution in [0.5, 0.6) is 0 Å². The number of hydrogen-bond donors (Lipinski definition) is 0. The van der Waals surface area contributed by atoms with Crippen molar-refractivity contribution in [2.24, 2.45) is 5.92 Å². The minimum absolute atomic E-state index is 0.00592. The van der Waals surface area contributed by atoms with Crippen molar-refractivity contribution in [2.75, 3.05) is 18.0 Å². The molecule has 0 aliphatic carbocycles. The van der Waals surface area contributed by atoms with E-state index in [1.54, 1.807) is 12.4 Å². The number of anilines is 1. The highest BCUT2D eigenvalue weighted by atomic mass is 35.5. The molecule has 1 fully saturated rings. The molecule has 25 heavy (non-hydrogen) atoms. The van der Waals surface area contributed by atoms with E-state index in [1.807, 2.05) is 18.7 Å². The van der Waals surface area contributed by atoms with Crippen molar-refractivity contribution in [3.8, 4) is 0 Å². The third-order valence-corrected chi connectivity index (χ3v) is 5.76. The number of halogens is 1. The molecule has 2 aromatic rings. The van der Waals surface area contributed by atoms with E-state index < -0.39 is 0 Å². The molecule has 0 bridgehead atoms. The third kappa shape index (κ3) is 2.84. The van der Waals surface area contributed by atoms with Crippen LogP contribution >= 0.6 is 11.6 Å². The lowest BCUT2D eigenvalue weighted by Gasteiger charge is -2.21. The predicted octanol–water partition coefficient (Wildman–Crippen LogP) is 2.51. The second-order valence-corrected chi connectivity index (χ2v) is 7.16. The van der Waals surface area contributed by atoms with Gasteiger partial charge in [0.25, 0.3) is 0 Å². The Bertz CT molecular complexity index is 826. The van der Waals surface area contributed by atoms with Crippen molar-refractivity contribution in [1.29, 1.82) is 0 Å². The van der Waals surface area contributed by atoms with Gasteiger partial charge in [-0.1, -0.05) is 11.6 Å². The maximum Gasteiger partial charge on any atom is 0.228 e. The molecule has 0 unspecified atom stereocenters. The zero-order chi connectivity index (χ0) is 17.6. The number of pyridine rings is 1. The average Bonchev–Trinajstić information content (AvgIpc) is 3.27. The number of fused-ring (bicyclic) bond motifs is 1. The van der Waals surface area contributed by atoms with E-state index >= 15 is 0 Å². The minimum Gasteiger partial charge on any atom is -0.368 e. The Morgan fingerprint density at radius 3 is 2.76 bits per heavy atom. The first kappa shape index (κ1) is 16.3. The van der Waals surface area contributed by atoms with Crippen LogP contribution in [-0.2, 0) is 17.9 Å². The van der Waals surface area contributed by atoms with Gasteiger partial charge in [0.2, 0.25) is 5.91 Å². The van der Waals surface area contributed by atoms with Crippen LogP contribution in [0, 0.1) is 19.8 Å². The quantitative estimate of drug-likeness (QED) is 0.826. The first-order valence-corrected chi connectivity index (χ1v) is 8.85. The molecule has 0 N–H and O–H groups in total. The number of aryl methyl sites for hydroxylation is 1. The van der Waals surface area contributed by atoms with E-state index in [0.29, 0.717) is 24.7 Å². The summed E-state index contributed by atoms with van der Waals surface area (Å²) in [6.45, 7) is 6.68. The normalized spacial score (nSPS) is 19.4. The first-order chi connectivity index (χ1) is 12.0. The molecule has 1 saturated heterocycles. The third-order valence-electron chi connectivity index (χ3n) is 5.20. The van der Waals surface area contributed by atoms with Crippen molar-refractivity contribution < 1.29 is 4.79 Å². The van der Waals surface area contributed by atoms with Crippen LogP contribution in [0.2, 0.25) is 5.02 Å². The Morgan fingerprint density at radius 2 is 2.00 bits per heavy atom. The second-order valence-electron chi connectivity index (χ2n) is 6.78. The highest BCUT2D eigenvalue weighted by Gasteiger charge is 2.35. The zero-order valence-electron chi connectivity index (χ0n) is 14.4. The SMILES string of the molecule is Cc1nc2c(c(C)c1Cl)CN(C(=O)[C@@H]1CCN(c3cncnc3)C1)C2. The molecule has 0 spiro atoms. The summed E-state index contributed by atoms with van der Waals surface area (Å²) < 4.78 is 0. The van der Waals surface area contributed by atoms with Gasteiger partial charge in [-0.3, -0.25) is 9.78 Å². The molecular formula is C18H20ClN5O. The lowest BCUT2D eigenvalue weighted by atomic mass is 10.1. The largest absolute Gasteiger partial charge is 0.368 e. The Morgan fingerprint density at radius 1 is 1.24 bits per heavy atom. The van der Waals surface area contributed by atoms with E-state index in [2.05, 4.69) is 19.9 Å². The fourth-order valence-corrected chi connectivity index (χ4v) is 3.93. The van der Waals surface area contributed by atoms with Crippen LogP contribution in [0.1, 0.15) is 28.9 Å². The maximum atomic E-state index is 13.0. The van der Waals surface area contributed by atoms with Gasteiger partial charge in [0.1, 0.15) is 6.33 Å². The van der Waals surface area contributed by atoms with Crippen LogP contribution in [-0.4, -0.2) is 38.8 Å². The van der Waals surface area contributed by atoms with Crippen molar-refractivity contribution in [2.45, 2.75) is 33.4 Å². The summed E-state index contributed by atoms with van der Waals surface area (Å²) in [4.78, 5) is 29.8. The molecule has 7 heteroatoms. The Kier molecular flexibility index (Phi) is 4.07. The monoisotopic (exact) mass is 357 g/mol. The van der Waals surface area contributed by atoms with Crippen LogP contribution < -0.4 is 4.90 Å². The molecule has 1 atom stereocenters. The minimum atomic E-state index is 0.00592. The van der Waals surface area contributed by atoms with Gasteiger partial charge in [-0.25, -0.2) is 9.97 Å². The van der Waals surface area contributed by atoms with Crippen LogP contribution in [0.25, 0.3) is 0 Å². The van der Waals surface area contributed by atoms with Gasteiger partial charge < -0.3 is 9.80 Å². The molecule has 0 aromatic carbocycles. The standard InChI is InChI=1S/C18H20ClN5O/c1-11-15-8-24(9-16(15)22-12(2)17(11)19)18(25)13-3-4-23(7-13)14-5-20-10-21-6-14/h5-6,10,13H,3-4,7-9H2,1-2H3/t13-/m1/s1. The molecule has 2 aliphatic rings. The van der Waals surface area contributed by atoms with Gasteiger partial charge in [0.15, 0.2) is 0 Å². The number of carbonyl (C=O) groups excluding carboxylic acids is 1. The van der Waals surface area contributed by atoms with Crippen LogP contribution in [0.3, 0.4) is 0 Å². The second kappa shape index (κ2) is 6.26. The number of rotatable bonds is 2. The molecule has 2 aliphatic heterocycles. The van der Waals surface area contributed by atoms with Gasteiger partial charge in [-0.05, 0) is 31.4 Å². The molecule has 4 heterocycles. The van der Waals surface area contributed by atoms with Gasteiger partial charge in [-0.15, -0.1) is 0 Å². The topological polar surface area (TPSA) is 62.2 Å². The van der Waals surface area contributed by atoms with Crippen molar-refractivity contribution in [1.82, 2.24) is 19.9 Å². The molecule has 2 aromatic heterocycles. The van der Waals surface area contributed by atoms with Crippen molar-refractivity contribution >= 4 is 23.2 Å². The first-order valence-electron chi connectivity index (χ1n) is 8.47. The summed E-state index contributed by atoms with van der Waals surface area (Å²) in [5.74, 6) is 0.205. The Labute approximate surface area is 151 Å². The van der Waals surface area contributed by atoms with E-state index in [9.17, 15) is 4.79 Å². The van der Waals surface area contributed by atoms with Crippen LogP contribution in [0.4, 0.5) is 5.69 Å². The van der Waals surface area contributed by atoms with E-state index in [1.165, 1.54) is 6.33 Å². The number of hydrogen-bond acceptors (Lipinski definition) is 5. The molecule has 1 amide bonds. The maximum absolute atomic E-state index is 13.0. The number of amides is 1. The fraction of sp³-hybridized carbons (Fsp3) is 0.444. The van der Waals surface area contributed by atoms with Crippen molar-refractivity contribution in [3.63, 3.8) is 0 Å². The summed E-state index contributed by atoms with van der Waals surface area (Å²) in [6.07, 6.45) is 5.96. The summed E-state index contributed by atoms with van der Waals surface area (Å²) in [7, 11) is 0. The van der Waals surface area contributed by atoms with Gasteiger partial charge in [-0.2, -0.15) is 0 Å². The van der Waals surface area contributed by atoms with Gasteiger partial charge >= 0.3 is 0 Å². The fourth-order valence-electron chi connectivity index (χ4n) is 3.77. The smallest absolute Gasteiger partial charge is 0.228 e. The van der Waals surface area contributed by atoms with E-state index in [0.717, 1.165) is 41.2 Å². The molecular weight excluding hydrogens is 338 g/mol. The summed E-state index contributed by atoms with van der Waals surface area (Å²) in [5.41, 5.74) is 4.95. The summed E-state index contributed by atoms with van der Waals surface area (Å²) in [5, 5.41) is 0.712. The van der Waals surface area contributed by atoms with Crippen molar-refractivity contribution in [3.05, 3.63) is 46.3 Å². The average molecular weight is 358 g/mol. The zero-order valence-corrected chi connectivity index (χ0v) is 15.1. The Balaban J connectivity index is 1.47. The highest BCUT2D eigenvalue weighted by molar-refractivity contribution is 6.32. The number of aromatic nitrogens is 3. The van der Waals surface area contributed by atoms with E-state index in [-0.39, 0.29) is 11.8 Å².